The van der Waals surface area contributed by atoms with Gasteiger partial charge in [0.05, 0.1) is 55.1 Å². The molecule has 0 saturated carbocycles. The van der Waals surface area contributed by atoms with Crippen LogP contribution in [0.4, 0.5) is 0 Å². The molecule has 3 aromatic heterocycles. The minimum atomic E-state index is 0.612. The second-order valence-electron chi connectivity index (χ2n) is 13.0. The SMILES string of the molecule is Brc1ccc2c(c1)-c1c(ncnc1OCCN1CCOCC1)C2.Cn1cc(-c2ccc3c(c2)-c2c(ncnc2OCCN2CCOCC2)C3)cn1. The van der Waals surface area contributed by atoms with Crippen molar-refractivity contribution >= 4 is 15.9 Å². The summed E-state index contributed by atoms with van der Waals surface area (Å²) in [6.45, 7) is 10.1. The lowest BCUT2D eigenvalue weighted by Crippen LogP contribution is -2.38. The molecule has 0 unspecified atom stereocenters. The average molecular weight is 754 g/mol. The lowest BCUT2D eigenvalue weighted by atomic mass is 10.0. The predicted molar refractivity (Wildman–Crippen MR) is 196 cm³/mol. The van der Waals surface area contributed by atoms with E-state index in [1.54, 1.807) is 12.7 Å². The molecule has 5 heterocycles. The second kappa shape index (κ2) is 15.5. The molecular formula is C38H41BrN8O4. The minimum absolute atomic E-state index is 0.612. The summed E-state index contributed by atoms with van der Waals surface area (Å²) in [5.41, 5.74) is 11.3. The van der Waals surface area contributed by atoms with E-state index in [-0.39, 0.29) is 0 Å². The number of fused-ring (bicyclic) bond motifs is 6. The van der Waals surface area contributed by atoms with Gasteiger partial charge in [0.1, 0.15) is 25.9 Å². The number of hydrogen-bond acceptors (Lipinski definition) is 11. The molecule has 13 heteroatoms. The smallest absolute Gasteiger partial charge is 0.224 e. The van der Waals surface area contributed by atoms with Gasteiger partial charge in [-0.15, -0.1) is 0 Å². The highest BCUT2D eigenvalue weighted by Crippen LogP contribution is 2.43. The molecule has 4 aliphatic rings. The molecule has 12 nitrogen and oxygen atoms in total. The van der Waals surface area contributed by atoms with Gasteiger partial charge in [-0.1, -0.05) is 34.1 Å². The van der Waals surface area contributed by atoms with E-state index in [0.717, 1.165) is 117 Å². The maximum atomic E-state index is 6.11. The molecule has 0 spiro atoms. The Morgan fingerprint density at radius 3 is 1.78 bits per heavy atom. The number of ether oxygens (including phenoxy) is 4. The van der Waals surface area contributed by atoms with Crippen LogP contribution in [0.15, 0.2) is 65.9 Å². The number of aromatic nitrogens is 6. The van der Waals surface area contributed by atoms with E-state index >= 15 is 0 Å². The van der Waals surface area contributed by atoms with Crippen LogP contribution in [-0.4, -0.2) is 118 Å². The van der Waals surface area contributed by atoms with Crippen molar-refractivity contribution in [3.05, 3.63) is 88.4 Å². The lowest BCUT2D eigenvalue weighted by Gasteiger charge is -2.26. The first-order valence-electron chi connectivity index (χ1n) is 17.5. The first-order chi connectivity index (χ1) is 25.1. The van der Waals surface area contributed by atoms with Crippen LogP contribution in [0.1, 0.15) is 22.5 Å². The van der Waals surface area contributed by atoms with Gasteiger partial charge in [-0.05, 0) is 46.0 Å². The average Bonchev–Trinajstić information content (AvgIpc) is 3.88. The Kier molecular flexibility index (Phi) is 10.3. The van der Waals surface area contributed by atoms with Crippen molar-refractivity contribution in [1.29, 1.82) is 0 Å². The third kappa shape index (κ3) is 7.68. The first-order valence-corrected chi connectivity index (χ1v) is 18.3. The molecule has 0 bridgehead atoms. The molecule has 9 rings (SSSR count). The number of morpholine rings is 2. The van der Waals surface area contributed by atoms with Crippen molar-refractivity contribution in [2.24, 2.45) is 7.05 Å². The Labute approximate surface area is 305 Å². The topological polar surface area (TPSA) is 113 Å². The molecule has 2 aromatic carbocycles. The zero-order valence-corrected chi connectivity index (χ0v) is 30.3. The van der Waals surface area contributed by atoms with Crippen LogP contribution in [0.5, 0.6) is 11.8 Å². The monoisotopic (exact) mass is 752 g/mol. The number of halogens is 1. The Bertz CT molecular complexity index is 1990. The highest BCUT2D eigenvalue weighted by Gasteiger charge is 2.27. The van der Waals surface area contributed by atoms with Gasteiger partial charge in [0.25, 0.3) is 0 Å². The summed E-state index contributed by atoms with van der Waals surface area (Å²) in [7, 11) is 1.93. The van der Waals surface area contributed by atoms with Crippen LogP contribution in [0.3, 0.4) is 0 Å². The normalized spacial score (nSPS) is 16.4. The summed E-state index contributed by atoms with van der Waals surface area (Å²) in [4.78, 5) is 22.5. The zero-order chi connectivity index (χ0) is 34.6. The van der Waals surface area contributed by atoms with Crippen LogP contribution in [0.2, 0.25) is 0 Å². The van der Waals surface area contributed by atoms with E-state index in [1.165, 1.54) is 22.3 Å². The van der Waals surface area contributed by atoms with E-state index < -0.39 is 0 Å². The summed E-state index contributed by atoms with van der Waals surface area (Å²) < 4.78 is 25.8. The fourth-order valence-corrected chi connectivity index (χ4v) is 7.40. The Morgan fingerprint density at radius 2 is 1.24 bits per heavy atom. The number of rotatable bonds is 9. The van der Waals surface area contributed by atoms with Crippen LogP contribution in [-0.2, 0) is 29.4 Å². The van der Waals surface area contributed by atoms with Gasteiger partial charge in [0, 0.05) is 75.4 Å². The molecule has 5 aromatic rings. The van der Waals surface area contributed by atoms with Crippen molar-refractivity contribution < 1.29 is 18.9 Å². The van der Waals surface area contributed by atoms with Crippen molar-refractivity contribution in [2.45, 2.75) is 12.8 Å². The van der Waals surface area contributed by atoms with E-state index in [0.29, 0.717) is 25.0 Å². The van der Waals surface area contributed by atoms with Crippen LogP contribution in [0.25, 0.3) is 33.4 Å². The van der Waals surface area contributed by atoms with Crippen molar-refractivity contribution in [3.8, 4) is 45.1 Å². The summed E-state index contributed by atoms with van der Waals surface area (Å²) in [6, 6.07) is 12.9. The van der Waals surface area contributed by atoms with Crippen molar-refractivity contribution in [2.75, 3.05) is 78.9 Å². The third-order valence-corrected chi connectivity index (χ3v) is 10.2. The summed E-state index contributed by atoms with van der Waals surface area (Å²) >= 11 is 3.55. The highest BCUT2D eigenvalue weighted by atomic mass is 79.9. The standard InChI is InChI=1S/C21H23N5O2.C17H18BrN3O2/c1-25-13-17(12-24-25)15-2-3-16-11-19-20(18(16)10-15)21(23-14-22-19)28-9-6-26-4-7-27-8-5-26;18-13-2-1-12-9-15-16(14(12)10-13)17(20-11-19-15)23-8-5-21-3-6-22-7-4-21/h2-3,10,12-14H,4-9,11H2,1H3;1-2,10-11H,3-9H2. The zero-order valence-electron chi connectivity index (χ0n) is 28.8. The van der Waals surface area contributed by atoms with Gasteiger partial charge in [0.15, 0.2) is 0 Å². The van der Waals surface area contributed by atoms with Gasteiger partial charge in [-0.25, -0.2) is 19.9 Å². The number of aryl methyl sites for hydroxylation is 1. The molecule has 0 radical (unpaired) electrons. The molecule has 264 valence electrons. The van der Waals surface area contributed by atoms with Crippen LogP contribution >= 0.6 is 15.9 Å². The van der Waals surface area contributed by atoms with Crippen molar-refractivity contribution in [3.63, 3.8) is 0 Å². The van der Waals surface area contributed by atoms with Crippen LogP contribution in [0, 0.1) is 0 Å². The molecule has 2 saturated heterocycles. The molecule has 0 atom stereocenters. The third-order valence-electron chi connectivity index (χ3n) is 9.76. The summed E-state index contributed by atoms with van der Waals surface area (Å²) in [6.07, 6.45) is 8.79. The minimum Gasteiger partial charge on any atom is -0.476 e. The summed E-state index contributed by atoms with van der Waals surface area (Å²) in [5, 5.41) is 4.29. The quantitative estimate of drug-likeness (QED) is 0.205. The number of benzene rings is 2. The van der Waals surface area contributed by atoms with Gasteiger partial charge in [-0.3, -0.25) is 14.5 Å². The molecule has 0 amide bonds. The van der Waals surface area contributed by atoms with Crippen LogP contribution < -0.4 is 9.47 Å². The fourth-order valence-electron chi connectivity index (χ4n) is 7.04. The Hall–Kier alpha value is -4.27. The van der Waals surface area contributed by atoms with Gasteiger partial charge >= 0.3 is 0 Å². The van der Waals surface area contributed by atoms with E-state index in [4.69, 9.17) is 18.9 Å². The molecular weight excluding hydrogens is 712 g/mol. The molecule has 51 heavy (non-hydrogen) atoms. The van der Waals surface area contributed by atoms with Gasteiger partial charge in [0.2, 0.25) is 11.8 Å². The van der Waals surface area contributed by atoms with Gasteiger partial charge < -0.3 is 18.9 Å². The predicted octanol–water partition coefficient (Wildman–Crippen LogP) is 4.68. The molecule has 2 fully saturated rings. The molecule has 2 aliphatic heterocycles. The van der Waals surface area contributed by atoms with Crippen molar-refractivity contribution in [1.82, 2.24) is 39.5 Å². The second-order valence-corrected chi connectivity index (χ2v) is 14.0. The first kappa shape index (κ1) is 33.9. The van der Waals surface area contributed by atoms with Gasteiger partial charge in [-0.2, -0.15) is 5.10 Å². The summed E-state index contributed by atoms with van der Waals surface area (Å²) in [5.74, 6) is 1.38. The van der Waals surface area contributed by atoms with E-state index in [2.05, 4.69) is 87.2 Å². The molecule has 2 aliphatic carbocycles. The Balaban J connectivity index is 0.000000150. The lowest BCUT2D eigenvalue weighted by molar-refractivity contribution is 0.0319. The maximum Gasteiger partial charge on any atom is 0.224 e. The maximum absolute atomic E-state index is 6.11. The fraction of sp³-hybridized carbons (Fsp3) is 0.395. The molecule has 0 N–H and O–H groups in total. The largest absolute Gasteiger partial charge is 0.476 e. The van der Waals surface area contributed by atoms with E-state index in [9.17, 15) is 0 Å². The van der Waals surface area contributed by atoms with E-state index in [1.807, 2.05) is 24.1 Å². The Morgan fingerprint density at radius 1 is 0.686 bits per heavy atom. The number of hydrogen-bond donors (Lipinski definition) is 0. The highest BCUT2D eigenvalue weighted by molar-refractivity contribution is 9.10. The number of nitrogens with zero attached hydrogens (tertiary/aromatic N) is 8.